The van der Waals surface area contributed by atoms with Gasteiger partial charge in [0.1, 0.15) is 15.4 Å². The topological polar surface area (TPSA) is 25.8 Å². The molecular formula is C14H11ClN2S2. The molecule has 1 atom stereocenters. The van der Waals surface area contributed by atoms with Crippen molar-refractivity contribution in [1.82, 2.24) is 10.2 Å². The molecule has 0 radical (unpaired) electrons. The molecule has 0 saturated heterocycles. The standard InChI is InChI=1S/C14H11ClN2S2/c15-13(11-4-2-1-3-5-11)14-17-16-12(19-14)8-10-6-7-18-9-10/h1-7,9,13H,8H2. The largest absolute Gasteiger partial charge is 0.152 e. The van der Waals surface area contributed by atoms with Gasteiger partial charge < -0.3 is 0 Å². The molecule has 3 aromatic rings. The zero-order valence-electron chi connectivity index (χ0n) is 9.99. The molecule has 0 saturated carbocycles. The Labute approximate surface area is 124 Å². The van der Waals surface area contributed by atoms with Crippen LogP contribution in [0.5, 0.6) is 0 Å². The Kier molecular flexibility index (Phi) is 3.92. The fourth-order valence-electron chi connectivity index (χ4n) is 1.77. The molecule has 0 aliphatic heterocycles. The van der Waals surface area contributed by atoms with E-state index in [0.29, 0.717) is 0 Å². The van der Waals surface area contributed by atoms with Crippen molar-refractivity contribution < 1.29 is 0 Å². The van der Waals surface area contributed by atoms with Gasteiger partial charge in [-0.3, -0.25) is 0 Å². The summed E-state index contributed by atoms with van der Waals surface area (Å²) in [5.74, 6) is 0. The van der Waals surface area contributed by atoms with Crippen LogP contribution in [-0.4, -0.2) is 10.2 Å². The number of alkyl halides is 1. The Morgan fingerprint density at radius 1 is 1.11 bits per heavy atom. The van der Waals surface area contributed by atoms with Crippen LogP contribution < -0.4 is 0 Å². The van der Waals surface area contributed by atoms with E-state index in [1.165, 1.54) is 5.56 Å². The van der Waals surface area contributed by atoms with Gasteiger partial charge >= 0.3 is 0 Å². The van der Waals surface area contributed by atoms with Crippen molar-refractivity contribution in [3.8, 4) is 0 Å². The summed E-state index contributed by atoms with van der Waals surface area (Å²) in [6.07, 6.45) is 0.833. The minimum absolute atomic E-state index is 0.213. The van der Waals surface area contributed by atoms with Crippen LogP contribution in [0.25, 0.3) is 0 Å². The van der Waals surface area contributed by atoms with Crippen LogP contribution in [-0.2, 0) is 6.42 Å². The first-order chi connectivity index (χ1) is 9.33. The molecule has 1 aromatic carbocycles. The fraction of sp³-hybridized carbons (Fsp3) is 0.143. The third kappa shape index (κ3) is 3.03. The monoisotopic (exact) mass is 306 g/mol. The number of hydrogen-bond acceptors (Lipinski definition) is 4. The lowest BCUT2D eigenvalue weighted by Gasteiger charge is -2.04. The van der Waals surface area contributed by atoms with Gasteiger partial charge in [-0.15, -0.1) is 21.8 Å². The second kappa shape index (κ2) is 5.82. The maximum absolute atomic E-state index is 6.44. The molecule has 0 N–H and O–H groups in total. The Morgan fingerprint density at radius 2 is 1.95 bits per heavy atom. The molecule has 2 heterocycles. The Bertz CT molecular complexity index is 635. The van der Waals surface area contributed by atoms with E-state index in [4.69, 9.17) is 11.6 Å². The van der Waals surface area contributed by atoms with E-state index in [2.05, 4.69) is 27.0 Å². The van der Waals surface area contributed by atoms with Crippen LogP contribution in [0.1, 0.15) is 26.5 Å². The molecule has 0 spiro atoms. The molecule has 5 heteroatoms. The molecule has 0 bridgehead atoms. The number of benzene rings is 1. The molecule has 0 aliphatic rings. The lowest BCUT2D eigenvalue weighted by molar-refractivity contribution is 0.948. The molecule has 2 nitrogen and oxygen atoms in total. The van der Waals surface area contributed by atoms with Gasteiger partial charge in [0.25, 0.3) is 0 Å². The highest BCUT2D eigenvalue weighted by atomic mass is 35.5. The first kappa shape index (κ1) is 12.8. The Hall–Kier alpha value is -1.23. The second-order valence-corrected chi connectivity index (χ2v) is 6.43. The minimum Gasteiger partial charge on any atom is -0.152 e. The predicted molar refractivity (Wildman–Crippen MR) is 81.2 cm³/mol. The highest BCUT2D eigenvalue weighted by Gasteiger charge is 2.16. The highest BCUT2D eigenvalue weighted by molar-refractivity contribution is 7.11. The zero-order chi connectivity index (χ0) is 13.1. The van der Waals surface area contributed by atoms with Gasteiger partial charge in [0.2, 0.25) is 0 Å². The van der Waals surface area contributed by atoms with Gasteiger partial charge in [0, 0.05) is 6.42 Å². The minimum atomic E-state index is -0.213. The number of thiophene rings is 1. The quantitative estimate of drug-likeness (QED) is 0.662. The van der Waals surface area contributed by atoms with Crippen molar-refractivity contribution in [3.63, 3.8) is 0 Å². The molecule has 19 heavy (non-hydrogen) atoms. The van der Waals surface area contributed by atoms with Gasteiger partial charge in [0.15, 0.2) is 0 Å². The third-order valence-electron chi connectivity index (χ3n) is 2.73. The van der Waals surface area contributed by atoms with Crippen LogP contribution in [0.2, 0.25) is 0 Å². The van der Waals surface area contributed by atoms with Crippen molar-refractivity contribution in [2.45, 2.75) is 11.8 Å². The summed E-state index contributed by atoms with van der Waals surface area (Å²) in [5.41, 5.74) is 2.33. The number of rotatable bonds is 4. The molecule has 0 fully saturated rings. The lowest BCUT2D eigenvalue weighted by atomic mass is 10.1. The molecule has 3 rings (SSSR count). The maximum Gasteiger partial charge on any atom is 0.139 e. The number of halogens is 1. The third-order valence-corrected chi connectivity index (χ3v) is 5.04. The van der Waals surface area contributed by atoms with E-state index in [0.717, 1.165) is 22.0 Å². The summed E-state index contributed by atoms with van der Waals surface area (Å²) in [4.78, 5) is 0. The smallest absolute Gasteiger partial charge is 0.139 e. The molecule has 0 amide bonds. The molecular weight excluding hydrogens is 296 g/mol. The average Bonchev–Trinajstić information content (AvgIpc) is 3.11. The predicted octanol–water partition coefficient (Wildman–Crippen LogP) is 4.52. The summed E-state index contributed by atoms with van der Waals surface area (Å²) in [5, 5.41) is 14.3. The molecule has 1 unspecified atom stereocenters. The van der Waals surface area contributed by atoms with E-state index in [1.807, 2.05) is 30.3 Å². The van der Waals surface area contributed by atoms with E-state index < -0.39 is 0 Å². The van der Waals surface area contributed by atoms with Crippen molar-refractivity contribution in [3.05, 3.63) is 68.3 Å². The first-order valence-corrected chi connectivity index (χ1v) is 8.05. The van der Waals surface area contributed by atoms with Crippen molar-refractivity contribution in [1.29, 1.82) is 0 Å². The van der Waals surface area contributed by atoms with Crippen LogP contribution >= 0.6 is 34.3 Å². The van der Waals surface area contributed by atoms with Gasteiger partial charge in [-0.05, 0) is 28.0 Å². The normalized spacial score (nSPS) is 12.5. The molecule has 0 aliphatic carbocycles. The summed E-state index contributed by atoms with van der Waals surface area (Å²) in [6.45, 7) is 0. The summed E-state index contributed by atoms with van der Waals surface area (Å²) < 4.78 is 0. The van der Waals surface area contributed by atoms with Crippen molar-refractivity contribution in [2.24, 2.45) is 0 Å². The van der Waals surface area contributed by atoms with Gasteiger partial charge in [-0.2, -0.15) is 11.3 Å². The highest BCUT2D eigenvalue weighted by Crippen LogP contribution is 2.31. The first-order valence-electron chi connectivity index (χ1n) is 5.85. The average molecular weight is 307 g/mol. The van der Waals surface area contributed by atoms with Gasteiger partial charge in [-0.1, -0.05) is 41.7 Å². The van der Waals surface area contributed by atoms with E-state index in [-0.39, 0.29) is 5.38 Å². The lowest BCUT2D eigenvalue weighted by Crippen LogP contribution is -1.91. The molecule has 2 aromatic heterocycles. The van der Waals surface area contributed by atoms with Crippen molar-refractivity contribution in [2.75, 3.05) is 0 Å². The van der Waals surface area contributed by atoms with E-state index in [9.17, 15) is 0 Å². The fourth-order valence-corrected chi connectivity index (χ4v) is 3.65. The van der Waals surface area contributed by atoms with Crippen LogP contribution in [0.15, 0.2) is 47.2 Å². The van der Waals surface area contributed by atoms with E-state index >= 15 is 0 Å². The maximum atomic E-state index is 6.44. The zero-order valence-corrected chi connectivity index (χ0v) is 12.4. The second-order valence-electron chi connectivity index (χ2n) is 4.12. The number of aromatic nitrogens is 2. The summed E-state index contributed by atoms with van der Waals surface area (Å²) in [6, 6.07) is 12.1. The van der Waals surface area contributed by atoms with Crippen LogP contribution in [0, 0.1) is 0 Å². The van der Waals surface area contributed by atoms with Gasteiger partial charge in [0.05, 0.1) is 0 Å². The summed E-state index contributed by atoms with van der Waals surface area (Å²) in [7, 11) is 0. The Morgan fingerprint density at radius 3 is 2.68 bits per heavy atom. The van der Waals surface area contributed by atoms with Gasteiger partial charge in [-0.25, -0.2) is 0 Å². The van der Waals surface area contributed by atoms with Crippen molar-refractivity contribution >= 4 is 34.3 Å². The van der Waals surface area contributed by atoms with E-state index in [1.54, 1.807) is 22.7 Å². The Balaban J connectivity index is 1.78. The van der Waals surface area contributed by atoms with Crippen LogP contribution in [0.4, 0.5) is 0 Å². The van der Waals surface area contributed by atoms with Crippen LogP contribution in [0.3, 0.4) is 0 Å². The molecule has 96 valence electrons. The number of nitrogens with zero attached hydrogens (tertiary/aromatic N) is 2. The SMILES string of the molecule is ClC(c1ccccc1)c1nnc(Cc2ccsc2)s1. The summed E-state index contributed by atoms with van der Waals surface area (Å²) >= 11 is 9.72. The number of hydrogen-bond donors (Lipinski definition) is 0.